The van der Waals surface area contributed by atoms with Crippen LogP contribution in [0.1, 0.15) is 30.0 Å². The number of ether oxygens (including phenoxy) is 1. The predicted octanol–water partition coefficient (Wildman–Crippen LogP) is 4.80. The molecule has 0 radical (unpaired) electrons. The van der Waals surface area contributed by atoms with Crippen LogP contribution in [-0.2, 0) is 4.79 Å². The summed E-state index contributed by atoms with van der Waals surface area (Å²) in [7, 11) is 1.68. The average molecular weight is 381 g/mol. The third-order valence-electron chi connectivity index (χ3n) is 5.48. The van der Waals surface area contributed by atoms with Crippen molar-refractivity contribution in [3.05, 3.63) is 65.0 Å². The molecule has 5 heteroatoms. The Morgan fingerprint density at radius 2 is 1.85 bits per heavy atom. The normalized spacial score (nSPS) is 17.1. The molecule has 4 nitrogen and oxygen atoms in total. The van der Waals surface area contributed by atoms with E-state index in [4.69, 9.17) is 4.74 Å². The third-order valence-corrected chi connectivity index (χ3v) is 6.46. The molecule has 3 aromatic rings. The van der Waals surface area contributed by atoms with Crippen LogP contribution in [0.4, 0.5) is 0 Å². The van der Waals surface area contributed by atoms with Crippen LogP contribution in [0.25, 0.3) is 10.1 Å². The smallest absolute Gasteiger partial charge is 0.306 e. The predicted molar refractivity (Wildman–Crippen MR) is 109 cm³/mol. The Hall–Kier alpha value is -2.37. The number of hydrogen-bond acceptors (Lipinski definition) is 4. The zero-order valence-corrected chi connectivity index (χ0v) is 16.1. The van der Waals surface area contributed by atoms with E-state index in [0.29, 0.717) is 12.8 Å². The van der Waals surface area contributed by atoms with E-state index >= 15 is 0 Å². The molecule has 0 amide bonds. The van der Waals surface area contributed by atoms with Crippen LogP contribution in [-0.4, -0.2) is 36.2 Å². The van der Waals surface area contributed by atoms with E-state index in [1.54, 1.807) is 18.4 Å². The number of rotatable bonds is 5. The van der Waals surface area contributed by atoms with Gasteiger partial charge in [-0.15, -0.1) is 11.3 Å². The Morgan fingerprint density at radius 1 is 1.15 bits per heavy atom. The highest BCUT2D eigenvalue weighted by Gasteiger charge is 2.31. The number of fused-ring (bicyclic) bond motifs is 1. The van der Waals surface area contributed by atoms with Crippen LogP contribution < -0.4 is 4.74 Å². The summed E-state index contributed by atoms with van der Waals surface area (Å²) in [6, 6.07) is 16.9. The second-order valence-electron chi connectivity index (χ2n) is 7.01. The highest BCUT2D eigenvalue weighted by Crippen LogP contribution is 2.39. The Bertz CT molecular complexity index is 926. The number of hydrogen-bond donors (Lipinski definition) is 1. The molecule has 1 aliphatic rings. The summed E-state index contributed by atoms with van der Waals surface area (Å²) in [6.07, 6.45) is 1.40. The van der Waals surface area contributed by atoms with Crippen molar-refractivity contribution in [2.24, 2.45) is 5.92 Å². The molecule has 2 aromatic carbocycles. The molecule has 0 spiro atoms. The molecule has 1 unspecified atom stereocenters. The second-order valence-corrected chi connectivity index (χ2v) is 7.92. The lowest BCUT2D eigenvalue weighted by Crippen LogP contribution is -2.39. The Labute approximate surface area is 163 Å². The molecule has 0 saturated carbocycles. The number of thiophene rings is 1. The van der Waals surface area contributed by atoms with E-state index in [1.807, 2.05) is 12.1 Å². The summed E-state index contributed by atoms with van der Waals surface area (Å²) in [5.41, 5.74) is 2.52. The molecule has 1 aromatic heterocycles. The Kier molecular flexibility index (Phi) is 5.14. The summed E-state index contributed by atoms with van der Waals surface area (Å²) in [5, 5.41) is 12.9. The maximum atomic E-state index is 11.3. The minimum atomic E-state index is -0.670. The largest absolute Gasteiger partial charge is 0.497 e. The van der Waals surface area contributed by atoms with Crippen molar-refractivity contribution in [1.82, 2.24) is 4.90 Å². The van der Waals surface area contributed by atoms with Crippen LogP contribution in [0.5, 0.6) is 5.75 Å². The van der Waals surface area contributed by atoms with Crippen LogP contribution in [0.15, 0.2) is 53.9 Å². The number of carboxylic acid groups (broad SMARTS) is 1. The highest BCUT2D eigenvalue weighted by atomic mass is 32.1. The first kappa shape index (κ1) is 18.0. The fourth-order valence-electron chi connectivity index (χ4n) is 3.99. The van der Waals surface area contributed by atoms with Gasteiger partial charge in [0.15, 0.2) is 0 Å². The fourth-order valence-corrected chi connectivity index (χ4v) is 4.97. The number of carbonyl (C=O) groups is 1. The molecule has 1 N–H and O–H groups in total. The standard InChI is InChI=1S/C22H23NO3S/c1-26-17-8-6-15(7-9-17)21(23-12-10-16(11-13-23)22(24)25)19-14-27-20-5-3-2-4-18(19)20/h2-9,14,16,21H,10-13H2,1H3,(H,24,25). The molecule has 0 bridgehead atoms. The minimum absolute atomic E-state index is 0.127. The number of nitrogens with zero attached hydrogens (tertiary/aromatic N) is 1. The van der Waals surface area contributed by atoms with Gasteiger partial charge in [0.1, 0.15) is 5.75 Å². The first-order valence-corrected chi connectivity index (χ1v) is 10.1. The minimum Gasteiger partial charge on any atom is -0.497 e. The summed E-state index contributed by atoms with van der Waals surface area (Å²) in [5.74, 6) is -0.0501. The highest BCUT2D eigenvalue weighted by molar-refractivity contribution is 7.17. The number of likely N-dealkylation sites (tertiary alicyclic amines) is 1. The van der Waals surface area contributed by atoms with Gasteiger partial charge in [0.05, 0.1) is 19.1 Å². The van der Waals surface area contributed by atoms with Gasteiger partial charge in [0.25, 0.3) is 0 Å². The molecule has 1 aliphatic heterocycles. The van der Waals surface area contributed by atoms with Gasteiger partial charge in [-0.2, -0.15) is 0 Å². The summed E-state index contributed by atoms with van der Waals surface area (Å²) in [6.45, 7) is 1.58. The lowest BCUT2D eigenvalue weighted by atomic mass is 9.91. The maximum Gasteiger partial charge on any atom is 0.306 e. The van der Waals surface area contributed by atoms with E-state index in [-0.39, 0.29) is 12.0 Å². The topological polar surface area (TPSA) is 49.8 Å². The number of aliphatic carboxylic acids is 1. The van der Waals surface area contributed by atoms with Crippen molar-refractivity contribution in [1.29, 1.82) is 0 Å². The Balaban J connectivity index is 1.72. The van der Waals surface area contributed by atoms with E-state index in [2.05, 4.69) is 46.7 Å². The molecule has 0 aliphatic carbocycles. The molecule has 1 atom stereocenters. The van der Waals surface area contributed by atoms with Gasteiger partial charge >= 0.3 is 5.97 Å². The number of piperidine rings is 1. The van der Waals surface area contributed by atoms with Gasteiger partial charge < -0.3 is 9.84 Å². The molecule has 1 fully saturated rings. The Morgan fingerprint density at radius 3 is 2.52 bits per heavy atom. The number of methoxy groups -OCH3 is 1. The fraction of sp³-hybridized carbons (Fsp3) is 0.318. The van der Waals surface area contributed by atoms with Crippen molar-refractivity contribution in [2.75, 3.05) is 20.2 Å². The van der Waals surface area contributed by atoms with Crippen LogP contribution in [0, 0.1) is 5.92 Å². The van der Waals surface area contributed by atoms with Gasteiger partial charge in [0.2, 0.25) is 0 Å². The van der Waals surface area contributed by atoms with Crippen molar-refractivity contribution in [2.45, 2.75) is 18.9 Å². The average Bonchev–Trinajstić information content (AvgIpc) is 3.13. The van der Waals surface area contributed by atoms with Crippen LogP contribution in [0.2, 0.25) is 0 Å². The first-order valence-electron chi connectivity index (χ1n) is 9.24. The van der Waals surface area contributed by atoms with E-state index in [9.17, 15) is 9.90 Å². The van der Waals surface area contributed by atoms with Crippen molar-refractivity contribution < 1.29 is 14.6 Å². The van der Waals surface area contributed by atoms with Crippen LogP contribution >= 0.6 is 11.3 Å². The van der Waals surface area contributed by atoms with Gasteiger partial charge in [0, 0.05) is 4.70 Å². The molecule has 1 saturated heterocycles. The van der Waals surface area contributed by atoms with Crippen molar-refractivity contribution in [3.8, 4) is 5.75 Å². The SMILES string of the molecule is COc1ccc(C(c2csc3ccccc23)N2CCC(C(=O)O)CC2)cc1. The molecule has 4 rings (SSSR count). The van der Waals surface area contributed by atoms with Crippen molar-refractivity contribution in [3.63, 3.8) is 0 Å². The summed E-state index contributed by atoms with van der Waals surface area (Å²) < 4.78 is 6.60. The second kappa shape index (κ2) is 7.71. The zero-order valence-electron chi connectivity index (χ0n) is 15.3. The lowest BCUT2D eigenvalue weighted by Gasteiger charge is -2.37. The quantitative estimate of drug-likeness (QED) is 0.690. The maximum absolute atomic E-state index is 11.3. The molecule has 2 heterocycles. The number of carboxylic acids is 1. The molecular weight excluding hydrogens is 358 g/mol. The monoisotopic (exact) mass is 381 g/mol. The third kappa shape index (κ3) is 3.57. The van der Waals surface area contributed by atoms with Gasteiger partial charge in [-0.3, -0.25) is 9.69 Å². The zero-order chi connectivity index (χ0) is 18.8. The van der Waals surface area contributed by atoms with E-state index < -0.39 is 5.97 Å². The number of benzene rings is 2. The van der Waals surface area contributed by atoms with Gasteiger partial charge in [-0.25, -0.2) is 0 Å². The van der Waals surface area contributed by atoms with Crippen LogP contribution in [0.3, 0.4) is 0 Å². The summed E-state index contributed by atoms with van der Waals surface area (Å²) >= 11 is 1.77. The molecule has 27 heavy (non-hydrogen) atoms. The van der Waals surface area contributed by atoms with Gasteiger partial charge in [-0.1, -0.05) is 30.3 Å². The van der Waals surface area contributed by atoms with Gasteiger partial charge in [-0.05, 0) is 66.0 Å². The summed E-state index contributed by atoms with van der Waals surface area (Å²) in [4.78, 5) is 13.8. The van der Waals surface area contributed by atoms with E-state index in [1.165, 1.54) is 21.2 Å². The first-order chi connectivity index (χ1) is 13.2. The van der Waals surface area contributed by atoms with E-state index in [0.717, 1.165) is 18.8 Å². The molecular formula is C22H23NO3S. The lowest BCUT2D eigenvalue weighted by molar-refractivity contribution is -0.143. The molecule has 140 valence electrons. The van der Waals surface area contributed by atoms with Crippen molar-refractivity contribution >= 4 is 27.4 Å².